The van der Waals surface area contributed by atoms with Crippen LogP contribution in [0.1, 0.15) is 5.56 Å². The van der Waals surface area contributed by atoms with Gasteiger partial charge in [0.25, 0.3) is 5.88 Å². The van der Waals surface area contributed by atoms with Gasteiger partial charge in [-0.3, -0.25) is 14.6 Å². The summed E-state index contributed by atoms with van der Waals surface area (Å²) in [6.45, 7) is 0.261. The standard InChI is InChI=1S/C23H18ClN7O/c1-31-9-6-18(30-31)21-20(16-10-15-5-3-8-27-19(15)17(24)11-16)29-23(22(25)28-21)32-13-14-4-2-7-26-12-14/h2-12H,13H2,1H3,(H2,25,28). The van der Waals surface area contributed by atoms with Crippen molar-refractivity contribution in [1.82, 2.24) is 29.7 Å². The first-order valence-electron chi connectivity index (χ1n) is 9.82. The molecule has 1 aromatic carbocycles. The largest absolute Gasteiger partial charge is 0.470 e. The maximum Gasteiger partial charge on any atom is 0.258 e. The lowest BCUT2D eigenvalue weighted by molar-refractivity contribution is 0.294. The molecule has 0 radical (unpaired) electrons. The van der Waals surface area contributed by atoms with Crippen LogP contribution in [0, 0.1) is 0 Å². The zero-order valence-electron chi connectivity index (χ0n) is 17.1. The predicted octanol–water partition coefficient (Wildman–Crippen LogP) is 4.30. The summed E-state index contributed by atoms with van der Waals surface area (Å²) >= 11 is 6.53. The summed E-state index contributed by atoms with van der Waals surface area (Å²) in [5.74, 6) is 0.401. The van der Waals surface area contributed by atoms with Gasteiger partial charge in [-0.15, -0.1) is 0 Å². The van der Waals surface area contributed by atoms with Gasteiger partial charge in [-0.05, 0) is 30.3 Å². The molecule has 0 spiro atoms. The Morgan fingerprint density at radius 1 is 1.06 bits per heavy atom. The number of nitrogens with two attached hydrogens (primary N) is 1. The fourth-order valence-corrected chi connectivity index (χ4v) is 3.66. The first kappa shape index (κ1) is 19.9. The van der Waals surface area contributed by atoms with Crippen molar-refractivity contribution in [2.75, 3.05) is 5.73 Å². The van der Waals surface area contributed by atoms with E-state index < -0.39 is 0 Å². The minimum absolute atomic E-state index is 0.173. The number of halogens is 1. The fraction of sp³-hybridized carbons (Fsp3) is 0.0870. The second-order valence-electron chi connectivity index (χ2n) is 7.17. The van der Waals surface area contributed by atoms with Gasteiger partial charge in [-0.25, -0.2) is 9.97 Å². The van der Waals surface area contributed by atoms with Crippen LogP contribution in [0.5, 0.6) is 5.88 Å². The summed E-state index contributed by atoms with van der Waals surface area (Å²) in [6, 6.07) is 13.2. The first-order valence-corrected chi connectivity index (χ1v) is 10.2. The number of pyridine rings is 2. The quantitative estimate of drug-likeness (QED) is 0.431. The van der Waals surface area contributed by atoms with E-state index in [2.05, 4.69) is 20.1 Å². The third-order valence-electron chi connectivity index (χ3n) is 4.88. The second kappa shape index (κ2) is 8.24. The van der Waals surface area contributed by atoms with E-state index >= 15 is 0 Å². The molecule has 5 rings (SSSR count). The Balaban J connectivity index is 1.64. The van der Waals surface area contributed by atoms with Gasteiger partial charge in [-0.1, -0.05) is 23.7 Å². The minimum atomic E-state index is 0.173. The first-order chi connectivity index (χ1) is 15.6. The molecule has 0 aliphatic heterocycles. The van der Waals surface area contributed by atoms with E-state index in [0.29, 0.717) is 27.6 Å². The van der Waals surface area contributed by atoms with Gasteiger partial charge in [0.2, 0.25) is 0 Å². The monoisotopic (exact) mass is 443 g/mol. The number of ether oxygens (including phenoxy) is 1. The third-order valence-corrected chi connectivity index (χ3v) is 5.16. The highest BCUT2D eigenvalue weighted by Gasteiger charge is 2.19. The lowest BCUT2D eigenvalue weighted by Crippen LogP contribution is -2.06. The van der Waals surface area contributed by atoms with Crippen molar-refractivity contribution in [2.45, 2.75) is 6.61 Å². The maximum atomic E-state index is 6.53. The molecule has 32 heavy (non-hydrogen) atoms. The number of anilines is 1. The molecule has 2 N–H and O–H groups in total. The predicted molar refractivity (Wildman–Crippen MR) is 123 cm³/mol. The molecule has 4 aromatic heterocycles. The molecule has 4 heterocycles. The number of aromatic nitrogens is 6. The van der Waals surface area contributed by atoms with E-state index in [9.17, 15) is 0 Å². The van der Waals surface area contributed by atoms with Crippen LogP contribution in [-0.2, 0) is 13.7 Å². The second-order valence-corrected chi connectivity index (χ2v) is 7.58. The molecule has 0 aliphatic carbocycles. The zero-order chi connectivity index (χ0) is 22.1. The van der Waals surface area contributed by atoms with Crippen LogP contribution in [0.2, 0.25) is 5.02 Å². The third kappa shape index (κ3) is 3.83. The summed E-state index contributed by atoms with van der Waals surface area (Å²) in [5.41, 5.74) is 10.3. The van der Waals surface area contributed by atoms with E-state index in [0.717, 1.165) is 16.5 Å². The molecule has 0 saturated carbocycles. The van der Waals surface area contributed by atoms with Gasteiger partial charge >= 0.3 is 0 Å². The van der Waals surface area contributed by atoms with Crippen LogP contribution in [-0.4, -0.2) is 29.7 Å². The number of aryl methyl sites for hydroxylation is 1. The molecule has 0 fully saturated rings. The van der Waals surface area contributed by atoms with Gasteiger partial charge < -0.3 is 10.5 Å². The molecule has 0 saturated heterocycles. The summed E-state index contributed by atoms with van der Waals surface area (Å²) < 4.78 is 7.58. The van der Waals surface area contributed by atoms with Crippen LogP contribution >= 0.6 is 11.6 Å². The highest BCUT2D eigenvalue weighted by molar-refractivity contribution is 6.35. The summed E-state index contributed by atoms with van der Waals surface area (Å²) in [7, 11) is 1.84. The Morgan fingerprint density at radius 3 is 2.72 bits per heavy atom. The average Bonchev–Trinajstić information content (AvgIpc) is 3.25. The van der Waals surface area contributed by atoms with E-state index in [4.69, 9.17) is 27.1 Å². The van der Waals surface area contributed by atoms with E-state index in [1.807, 2.05) is 55.7 Å². The molecule has 0 bridgehead atoms. The Bertz CT molecular complexity index is 1420. The van der Waals surface area contributed by atoms with Crippen LogP contribution < -0.4 is 10.5 Å². The van der Waals surface area contributed by atoms with Crippen molar-refractivity contribution in [3.63, 3.8) is 0 Å². The van der Waals surface area contributed by atoms with Crippen molar-refractivity contribution in [3.8, 4) is 28.5 Å². The number of fused-ring (bicyclic) bond motifs is 1. The SMILES string of the molecule is Cn1ccc(-c2nc(N)c(OCc3cccnc3)nc2-c2cc(Cl)c3ncccc3c2)n1. The van der Waals surface area contributed by atoms with E-state index in [1.54, 1.807) is 23.3 Å². The van der Waals surface area contributed by atoms with Crippen LogP contribution in [0.15, 0.2) is 67.3 Å². The van der Waals surface area contributed by atoms with Gasteiger partial charge in [0.15, 0.2) is 5.82 Å². The molecule has 0 aliphatic rings. The fourth-order valence-electron chi connectivity index (χ4n) is 3.38. The molecule has 158 valence electrons. The molecular formula is C23H18ClN7O. The number of hydrogen-bond donors (Lipinski definition) is 1. The molecule has 9 heteroatoms. The van der Waals surface area contributed by atoms with Crippen molar-refractivity contribution in [2.24, 2.45) is 7.05 Å². The molecule has 0 amide bonds. The summed E-state index contributed by atoms with van der Waals surface area (Å²) in [6.07, 6.45) is 6.97. The molecule has 0 atom stereocenters. The van der Waals surface area contributed by atoms with Crippen molar-refractivity contribution >= 4 is 28.3 Å². The normalized spacial score (nSPS) is 11.1. The summed E-state index contributed by atoms with van der Waals surface area (Å²) in [5, 5.41) is 5.88. The maximum absolute atomic E-state index is 6.53. The van der Waals surface area contributed by atoms with Crippen molar-refractivity contribution < 1.29 is 4.74 Å². The van der Waals surface area contributed by atoms with Crippen LogP contribution in [0.4, 0.5) is 5.82 Å². The Labute approximate surface area is 188 Å². The van der Waals surface area contributed by atoms with Gasteiger partial charge in [-0.2, -0.15) is 5.10 Å². The molecular weight excluding hydrogens is 426 g/mol. The van der Waals surface area contributed by atoms with Gasteiger partial charge in [0.1, 0.15) is 23.7 Å². The van der Waals surface area contributed by atoms with E-state index in [-0.39, 0.29) is 18.3 Å². The van der Waals surface area contributed by atoms with Crippen LogP contribution in [0.3, 0.4) is 0 Å². The number of rotatable bonds is 5. The Hall–Kier alpha value is -4.04. The number of benzene rings is 1. The average molecular weight is 444 g/mol. The minimum Gasteiger partial charge on any atom is -0.470 e. The highest BCUT2D eigenvalue weighted by atomic mass is 35.5. The topological polar surface area (TPSA) is 105 Å². The molecule has 8 nitrogen and oxygen atoms in total. The number of nitrogens with zero attached hydrogens (tertiary/aromatic N) is 6. The summed E-state index contributed by atoms with van der Waals surface area (Å²) in [4.78, 5) is 17.8. The highest BCUT2D eigenvalue weighted by Crippen LogP contribution is 2.36. The van der Waals surface area contributed by atoms with Crippen molar-refractivity contribution in [1.29, 1.82) is 0 Å². The number of hydrogen-bond acceptors (Lipinski definition) is 7. The smallest absolute Gasteiger partial charge is 0.258 e. The van der Waals surface area contributed by atoms with Gasteiger partial charge in [0.05, 0.1) is 10.5 Å². The lowest BCUT2D eigenvalue weighted by Gasteiger charge is -2.13. The van der Waals surface area contributed by atoms with E-state index in [1.165, 1.54) is 0 Å². The van der Waals surface area contributed by atoms with Crippen molar-refractivity contribution in [3.05, 3.63) is 77.8 Å². The molecule has 5 aromatic rings. The van der Waals surface area contributed by atoms with Gasteiger partial charge in [0, 0.05) is 48.3 Å². The number of nitrogen functional groups attached to an aromatic ring is 1. The Kier molecular flexibility index (Phi) is 5.12. The Morgan fingerprint density at radius 2 is 1.94 bits per heavy atom. The lowest BCUT2D eigenvalue weighted by atomic mass is 10.0. The van der Waals surface area contributed by atoms with Crippen LogP contribution in [0.25, 0.3) is 33.5 Å². The zero-order valence-corrected chi connectivity index (χ0v) is 17.9. The molecule has 0 unspecified atom stereocenters.